The molecule has 0 aliphatic carbocycles. The van der Waals surface area contributed by atoms with E-state index in [1.807, 2.05) is 43.3 Å². The van der Waals surface area contributed by atoms with Crippen molar-refractivity contribution in [3.05, 3.63) is 70.2 Å². The van der Waals surface area contributed by atoms with Crippen LogP contribution in [0.15, 0.2) is 48.5 Å². The Labute approximate surface area is 154 Å². The summed E-state index contributed by atoms with van der Waals surface area (Å²) in [5, 5.41) is 2.41. The highest BCUT2D eigenvalue weighted by Gasteiger charge is 2.15. The van der Waals surface area contributed by atoms with Crippen molar-refractivity contribution >= 4 is 45.6 Å². The second-order valence-corrected chi connectivity index (χ2v) is 6.73. The molecule has 0 unspecified atom stereocenters. The summed E-state index contributed by atoms with van der Waals surface area (Å²) in [6, 6.07) is 14.9. The summed E-state index contributed by atoms with van der Waals surface area (Å²) >= 11 is 6.13. The average molecular weight is 363 g/mol. The molecule has 0 atom stereocenters. The van der Waals surface area contributed by atoms with E-state index in [1.165, 1.54) is 0 Å². The number of fused-ring (bicyclic) bond motifs is 3. The van der Waals surface area contributed by atoms with Crippen LogP contribution in [0.2, 0.25) is 5.02 Å². The van der Waals surface area contributed by atoms with Crippen LogP contribution >= 0.6 is 11.6 Å². The number of aryl methyl sites for hydroxylation is 1. The van der Waals surface area contributed by atoms with Gasteiger partial charge >= 0.3 is 0 Å². The van der Waals surface area contributed by atoms with Gasteiger partial charge in [-0.1, -0.05) is 17.7 Å². The first-order chi connectivity index (χ1) is 12.5. The lowest BCUT2D eigenvalue weighted by molar-refractivity contribution is 0.100. The number of hydrogen-bond donors (Lipinski definition) is 2. The minimum atomic E-state index is -0.510. The number of aldehydes is 1. The first kappa shape index (κ1) is 16.4. The van der Waals surface area contributed by atoms with Gasteiger partial charge in [-0.3, -0.25) is 9.59 Å². The Kier molecular flexibility index (Phi) is 3.78. The van der Waals surface area contributed by atoms with E-state index in [2.05, 4.69) is 4.98 Å². The molecular formula is C21H15ClN2O2. The zero-order valence-electron chi connectivity index (χ0n) is 14.0. The molecule has 0 aliphatic heterocycles. The molecule has 0 saturated carbocycles. The summed E-state index contributed by atoms with van der Waals surface area (Å²) in [7, 11) is 0. The Balaban J connectivity index is 2.08. The summed E-state index contributed by atoms with van der Waals surface area (Å²) in [5.41, 5.74) is 10.9. The number of H-pyrrole nitrogens is 1. The molecule has 5 heteroatoms. The van der Waals surface area contributed by atoms with Crippen molar-refractivity contribution in [2.45, 2.75) is 6.92 Å². The maximum absolute atomic E-state index is 12.0. The van der Waals surface area contributed by atoms with E-state index in [1.54, 1.807) is 12.1 Å². The van der Waals surface area contributed by atoms with Gasteiger partial charge in [-0.15, -0.1) is 0 Å². The van der Waals surface area contributed by atoms with E-state index < -0.39 is 5.91 Å². The summed E-state index contributed by atoms with van der Waals surface area (Å²) < 4.78 is 0. The Bertz CT molecular complexity index is 1210. The van der Waals surface area contributed by atoms with E-state index in [0.717, 1.165) is 39.3 Å². The lowest BCUT2D eigenvalue weighted by Crippen LogP contribution is -2.11. The van der Waals surface area contributed by atoms with Crippen molar-refractivity contribution in [3.63, 3.8) is 0 Å². The third-order valence-corrected chi connectivity index (χ3v) is 5.05. The van der Waals surface area contributed by atoms with Crippen LogP contribution in [-0.4, -0.2) is 17.2 Å². The van der Waals surface area contributed by atoms with Crippen molar-refractivity contribution < 1.29 is 9.59 Å². The molecule has 4 rings (SSSR count). The molecular weight excluding hydrogens is 348 g/mol. The molecule has 26 heavy (non-hydrogen) atoms. The van der Waals surface area contributed by atoms with Crippen molar-refractivity contribution in [2.75, 3.05) is 0 Å². The standard InChI is InChI=1S/C21H15ClN2O2/c1-11-6-13(3-4-18(11)22)14-8-16-15-7-12(10-25)2-5-19(15)24-20(16)17(9-14)21(23)26/h2-10,24H,1H3,(H2,23,26). The number of aromatic nitrogens is 1. The fourth-order valence-electron chi connectivity index (χ4n) is 3.28. The number of amides is 1. The largest absolute Gasteiger partial charge is 0.366 e. The molecule has 128 valence electrons. The number of nitrogens with two attached hydrogens (primary N) is 1. The monoisotopic (exact) mass is 362 g/mol. The molecule has 0 spiro atoms. The summed E-state index contributed by atoms with van der Waals surface area (Å²) in [6.45, 7) is 1.93. The molecule has 3 aromatic carbocycles. The van der Waals surface area contributed by atoms with Crippen molar-refractivity contribution in [2.24, 2.45) is 5.73 Å². The van der Waals surface area contributed by atoms with E-state index in [4.69, 9.17) is 17.3 Å². The molecule has 0 fully saturated rings. The summed E-state index contributed by atoms with van der Waals surface area (Å²) in [5.74, 6) is -0.510. The minimum absolute atomic E-state index is 0.411. The van der Waals surface area contributed by atoms with Crippen LogP contribution in [0.3, 0.4) is 0 Å². The molecule has 1 aromatic heterocycles. The van der Waals surface area contributed by atoms with Gasteiger partial charge < -0.3 is 10.7 Å². The molecule has 1 heterocycles. The first-order valence-electron chi connectivity index (χ1n) is 8.09. The van der Waals surface area contributed by atoms with E-state index in [9.17, 15) is 9.59 Å². The van der Waals surface area contributed by atoms with E-state index >= 15 is 0 Å². The zero-order chi connectivity index (χ0) is 18.4. The number of benzene rings is 3. The zero-order valence-corrected chi connectivity index (χ0v) is 14.7. The lowest BCUT2D eigenvalue weighted by atomic mass is 9.97. The molecule has 3 N–H and O–H groups in total. The van der Waals surface area contributed by atoms with Gasteiger partial charge in [0.05, 0.1) is 11.1 Å². The first-order valence-corrected chi connectivity index (χ1v) is 8.46. The molecule has 0 aliphatic rings. The van der Waals surface area contributed by atoms with Gasteiger partial charge in [0.2, 0.25) is 0 Å². The van der Waals surface area contributed by atoms with Gasteiger partial charge in [-0.25, -0.2) is 0 Å². The molecule has 0 bridgehead atoms. The topological polar surface area (TPSA) is 76.0 Å². The smallest absolute Gasteiger partial charge is 0.250 e. The Hall–Kier alpha value is -3.11. The molecule has 4 nitrogen and oxygen atoms in total. The normalized spacial score (nSPS) is 11.2. The van der Waals surface area contributed by atoms with Gasteiger partial charge in [0.25, 0.3) is 5.91 Å². The molecule has 0 saturated heterocycles. The molecule has 1 amide bonds. The van der Waals surface area contributed by atoms with E-state index in [0.29, 0.717) is 21.7 Å². The van der Waals surface area contributed by atoms with Gasteiger partial charge in [-0.2, -0.15) is 0 Å². The average Bonchev–Trinajstić information content (AvgIpc) is 3.00. The third kappa shape index (κ3) is 2.55. The van der Waals surface area contributed by atoms with Crippen molar-refractivity contribution in [1.29, 1.82) is 0 Å². The van der Waals surface area contributed by atoms with Crippen LogP contribution in [0.25, 0.3) is 32.9 Å². The Morgan fingerprint density at radius 1 is 1.04 bits per heavy atom. The maximum Gasteiger partial charge on any atom is 0.250 e. The van der Waals surface area contributed by atoms with Gasteiger partial charge in [0, 0.05) is 26.9 Å². The quantitative estimate of drug-likeness (QED) is 0.510. The Morgan fingerprint density at radius 2 is 1.85 bits per heavy atom. The number of carbonyl (C=O) groups is 2. The Morgan fingerprint density at radius 3 is 2.54 bits per heavy atom. The number of hydrogen-bond acceptors (Lipinski definition) is 2. The second-order valence-electron chi connectivity index (χ2n) is 6.32. The number of rotatable bonds is 3. The van der Waals surface area contributed by atoms with Crippen LogP contribution < -0.4 is 5.73 Å². The molecule has 4 aromatic rings. The van der Waals surface area contributed by atoms with Crippen molar-refractivity contribution in [1.82, 2.24) is 4.98 Å². The van der Waals surface area contributed by atoms with Crippen molar-refractivity contribution in [3.8, 4) is 11.1 Å². The SMILES string of the molecule is Cc1cc(-c2cc(C(N)=O)c3[nH]c4ccc(C=O)cc4c3c2)ccc1Cl. The number of halogens is 1. The number of nitrogens with one attached hydrogen (secondary N) is 1. The predicted octanol–water partition coefficient (Wildman–Crippen LogP) is 4.86. The second kappa shape index (κ2) is 6.00. The lowest BCUT2D eigenvalue weighted by Gasteiger charge is -2.08. The van der Waals surface area contributed by atoms with Crippen LogP contribution in [0.4, 0.5) is 0 Å². The highest BCUT2D eigenvalue weighted by atomic mass is 35.5. The van der Waals surface area contributed by atoms with Gasteiger partial charge in [-0.05, 0) is 66.1 Å². The van der Waals surface area contributed by atoms with Gasteiger partial charge in [0.15, 0.2) is 0 Å². The number of primary amides is 1. The maximum atomic E-state index is 12.0. The van der Waals surface area contributed by atoms with Crippen LogP contribution in [-0.2, 0) is 0 Å². The summed E-state index contributed by atoms with van der Waals surface area (Å²) in [4.78, 5) is 26.4. The molecule has 0 radical (unpaired) electrons. The van der Waals surface area contributed by atoms with E-state index in [-0.39, 0.29) is 0 Å². The van der Waals surface area contributed by atoms with Crippen LogP contribution in [0.5, 0.6) is 0 Å². The highest BCUT2D eigenvalue weighted by Crippen LogP contribution is 2.34. The van der Waals surface area contributed by atoms with Gasteiger partial charge in [0.1, 0.15) is 6.29 Å². The predicted molar refractivity (Wildman–Crippen MR) is 105 cm³/mol. The third-order valence-electron chi connectivity index (χ3n) is 4.62. The highest BCUT2D eigenvalue weighted by molar-refractivity contribution is 6.31. The fourth-order valence-corrected chi connectivity index (χ4v) is 3.39. The van der Waals surface area contributed by atoms with Crippen LogP contribution in [0.1, 0.15) is 26.3 Å². The fraction of sp³-hybridized carbons (Fsp3) is 0.0476. The number of aromatic amines is 1. The van der Waals surface area contributed by atoms with Crippen LogP contribution in [0, 0.1) is 6.92 Å². The minimum Gasteiger partial charge on any atom is -0.366 e. The summed E-state index contributed by atoms with van der Waals surface area (Å²) in [6.07, 6.45) is 0.805. The number of carbonyl (C=O) groups excluding carboxylic acids is 2.